The van der Waals surface area contributed by atoms with Crippen molar-refractivity contribution in [1.82, 2.24) is 19.8 Å². The fourth-order valence-corrected chi connectivity index (χ4v) is 3.30. The third kappa shape index (κ3) is 2.16. The average molecular weight is 345 g/mol. The maximum Gasteiger partial charge on any atom is 0.203 e. The molecule has 3 heterocycles. The lowest BCUT2D eigenvalue weighted by molar-refractivity contribution is 0.415. The summed E-state index contributed by atoms with van der Waals surface area (Å²) in [6, 6.07) is 7.63. The number of likely N-dealkylation sites (N-methyl/N-ethyl adjacent to an activating group) is 2. The molecule has 7 nitrogen and oxygen atoms in total. The highest BCUT2D eigenvalue weighted by atomic mass is 35.5. The third-order valence-corrected chi connectivity index (χ3v) is 4.60. The number of ether oxygens (including phenoxy) is 1. The number of hydrogen-bond acceptors (Lipinski definition) is 6. The van der Waals surface area contributed by atoms with Crippen LogP contribution in [0.25, 0.3) is 17.0 Å². The van der Waals surface area contributed by atoms with Crippen molar-refractivity contribution in [2.45, 2.75) is 0 Å². The van der Waals surface area contributed by atoms with E-state index in [4.69, 9.17) is 16.3 Å². The number of hydrogen-bond donors (Lipinski definition) is 0. The van der Waals surface area contributed by atoms with Crippen LogP contribution in [0.1, 0.15) is 0 Å². The van der Waals surface area contributed by atoms with Crippen molar-refractivity contribution >= 4 is 28.6 Å². The van der Waals surface area contributed by atoms with Gasteiger partial charge in [-0.25, -0.2) is 0 Å². The van der Waals surface area contributed by atoms with E-state index in [0.29, 0.717) is 16.6 Å². The first-order chi connectivity index (χ1) is 11.6. The predicted octanol–water partition coefficient (Wildman–Crippen LogP) is 2.34. The Labute approximate surface area is 144 Å². The Kier molecular flexibility index (Phi) is 3.45. The van der Waals surface area contributed by atoms with Crippen molar-refractivity contribution in [3.05, 3.63) is 29.4 Å². The average Bonchev–Trinajstić information content (AvgIpc) is 3.01. The van der Waals surface area contributed by atoms with Crippen LogP contribution in [-0.4, -0.2) is 54.1 Å². The van der Waals surface area contributed by atoms with Crippen molar-refractivity contribution in [2.75, 3.05) is 44.1 Å². The Morgan fingerprint density at radius 3 is 2.33 bits per heavy atom. The quantitative estimate of drug-likeness (QED) is 0.711. The molecule has 0 radical (unpaired) electrons. The molecule has 0 atom stereocenters. The SMILES string of the molecule is COc1ccc(-c2nnc3c4c(c(Cl)nn23)N(C)CCN4C)cc1. The summed E-state index contributed by atoms with van der Waals surface area (Å²) < 4.78 is 6.91. The molecule has 2 aromatic heterocycles. The molecule has 0 bridgehead atoms. The number of fused-ring (bicyclic) bond motifs is 3. The van der Waals surface area contributed by atoms with E-state index < -0.39 is 0 Å². The molecule has 1 aliphatic rings. The van der Waals surface area contributed by atoms with Gasteiger partial charge in [-0.15, -0.1) is 10.2 Å². The van der Waals surface area contributed by atoms with Crippen molar-refractivity contribution in [3.63, 3.8) is 0 Å². The zero-order chi connectivity index (χ0) is 16.8. The minimum Gasteiger partial charge on any atom is -0.497 e. The highest BCUT2D eigenvalue weighted by Crippen LogP contribution is 2.39. The molecule has 0 N–H and O–H groups in total. The molecular formula is C16H17ClN6O. The van der Waals surface area contributed by atoms with E-state index in [1.807, 2.05) is 38.4 Å². The first-order valence-electron chi connectivity index (χ1n) is 7.61. The Bertz CT molecular complexity index is 907. The lowest BCUT2D eigenvalue weighted by atomic mass is 10.2. The molecule has 0 amide bonds. The zero-order valence-electron chi connectivity index (χ0n) is 13.7. The number of halogens is 1. The van der Waals surface area contributed by atoms with Crippen LogP contribution < -0.4 is 14.5 Å². The lowest BCUT2D eigenvalue weighted by Crippen LogP contribution is -2.37. The second kappa shape index (κ2) is 5.52. The standard InChI is InChI=1S/C16H17ClN6O/c1-21-8-9-22(2)13-12(21)14(17)20-23-15(18-19-16(13)23)10-4-6-11(24-3)7-5-10/h4-7H,8-9H2,1-3H3. The molecule has 0 spiro atoms. The van der Waals surface area contributed by atoms with E-state index in [2.05, 4.69) is 25.1 Å². The van der Waals surface area contributed by atoms with Crippen LogP contribution in [0.3, 0.4) is 0 Å². The van der Waals surface area contributed by atoms with E-state index in [9.17, 15) is 0 Å². The molecule has 24 heavy (non-hydrogen) atoms. The van der Waals surface area contributed by atoms with E-state index in [-0.39, 0.29) is 0 Å². The number of aromatic nitrogens is 4. The van der Waals surface area contributed by atoms with E-state index >= 15 is 0 Å². The number of anilines is 2. The number of methoxy groups -OCH3 is 1. The number of rotatable bonds is 2. The van der Waals surface area contributed by atoms with E-state index in [1.165, 1.54) is 0 Å². The largest absolute Gasteiger partial charge is 0.497 e. The molecule has 0 saturated carbocycles. The van der Waals surface area contributed by atoms with Crippen LogP contribution in [0, 0.1) is 0 Å². The minimum atomic E-state index is 0.445. The smallest absolute Gasteiger partial charge is 0.203 e. The Morgan fingerprint density at radius 2 is 1.67 bits per heavy atom. The highest BCUT2D eigenvalue weighted by Gasteiger charge is 2.27. The molecule has 0 unspecified atom stereocenters. The molecule has 1 aromatic carbocycles. The zero-order valence-corrected chi connectivity index (χ0v) is 14.4. The molecule has 0 fully saturated rings. The van der Waals surface area contributed by atoms with Crippen molar-refractivity contribution in [1.29, 1.82) is 0 Å². The highest BCUT2D eigenvalue weighted by molar-refractivity contribution is 6.33. The van der Waals surface area contributed by atoms with Crippen molar-refractivity contribution in [2.24, 2.45) is 0 Å². The topological polar surface area (TPSA) is 58.8 Å². The first-order valence-corrected chi connectivity index (χ1v) is 7.99. The van der Waals surface area contributed by atoms with E-state index in [0.717, 1.165) is 35.8 Å². The van der Waals surface area contributed by atoms with Gasteiger partial charge >= 0.3 is 0 Å². The summed E-state index contributed by atoms with van der Waals surface area (Å²) in [6.45, 7) is 1.78. The van der Waals surface area contributed by atoms with Gasteiger partial charge in [0.15, 0.2) is 11.0 Å². The summed E-state index contributed by atoms with van der Waals surface area (Å²) in [4.78, 5) is 4.25. The Balaban J connectivity index is 1.94. The molecule has 3 aromatic rings. The third-order valence-electron chi connectivity index (χ3n) is 4.34. The van der Waals surface area contributed by atoms with Crippen LogP contribution in [0.5, 0.6) is 5.75 Å². The van der Waals surface area contributed by atoms with Gasteiger partial charge in [-0.1, -0.05) is 11.6 Å². The molecule has 8 heteroatoms. The normalized spacial score (nSPS) is 14.2. The van der Waals surface area contributed by atoms with Gasteiger partial charge in [0.05, 0.1) is 7.11 Å². The van der Waals surface area contributed by atoms with Crippen LogP contribution in [-0.2, 0) is 0 Å². The molecule has 4 rings (SSSR count). The predicted molar refractivity (Wildman–Crippen MR) is 94.3 cm³/mol. The molecular weight excluding hydrogens is 328 g/mol. The van der Waals surface area contributed by atoms with Crippen LogP contribution in [0.4, 0.5) is 11.4 Å². The maximum atomic E-state index is 6.47. The van der Waals surface area contributed by atoms with Gasteiger partial charge in [-0.3, -0.25) is 0 Å². The van der Waals surface area contributed by atoms with Gasteiger partial charge in [0, 0.05) is 32.7 Å². The van der Waals surface area contributed by atoms with Crippen LogP contribution >= 0.6 is 11.6 Å². The van der Waals surface area contributed by atoms with Gasteiger partial charge in [0.1, 0.15) is 17.1 Å². The van der Waals surface area contributed by atoms with Gasteiger partial charge in [0.2, 0.25) is 5.65 Å². The van der Waals surface area contributed by atoms with Gasteiger partial charge in [-0.2, -0.15) is 9.61 Å². The van der Waals surface area contributed by atoms with E-state index in [1.54, 1.807) is 11.6 Å². The number of benzene rings is 1. The summed E-state index contributed by atoms with van der Waals surface area (Å²) in [7, 11) is 5.68. The molecule has 1 aliphatic heterocycles. The minimum absolute atomic E-state index is 0.445. The number of nitrogens with zero attached hydrogens (tertiary/aromatic N) is 6. The van der Waals surface area contributed by atoms with Crippen molar-refractivity contribution in [3.8, 4) is 17.1 Å². The van der Waals surface area contributed by atoms with Crippen LogP contribution in [0.15, 0.2) is 24.3 Å². The lowest BCUT2D eigenvalue weighted by Gasteiger charge is -2.34. The maximum absolute atomic E-state index is 6.47. The first kappa shape index (κ1) is 15.0. The van der Waals surface area contributed by atoms with Gasteiger partial charge in [0.25, 0.3) is 0 Å². The summed E-state index contributed by atoms with van der Waals surface area (Å²) in [5.41, 5.74) is 3.45. The molecule has 124 valence electrons. The van der Waals surface area contributed by atoms with Crippen LogP contribution in [0.2, 0.25) is 5.15 Å². The summed E-state index contributed by atoms with van der Waals surface area (Å²) >= 11 is 6.47. The molecule has 0 saturated heterocycles. The Morgan fingerprint density at radius 1 is 1.00 bits per heavy atom. The summed E-state index contributed by atoms with van der Waals surface area (Å²) in [6.07, 6.45) is 0. The fraction of sp³-hybridized carbons (Fsp3) is 0.312. The Hall–Kier alpha value is -2.54. The van der Waals surface area contributed by atoms with Gasteiger partial charge < -0.3 is 14.5 Å². The fourth-order valence-electron chi connectivity index (χ4n) is 2.99. The summed E-state index contributed by atoms with van der Waals surface area (Å²) in [5.74, 6) is 1.44. The van der Waals surface area contributed by atoms with Crippen molar-refractivity contribution < 1.29 is 4.74 Å². The summed E-state index contributed by atoms with van der Waals surface area (Å²) in [5, 5.41) is 13.7. The molecule has 0 aliphatic carbocycles. The second-order valence-electron chi connectivity index (χ2n) is 5.82. The van der Waals surface area contributed by atoms with Gasteiger partial charge in [-0.05, 0) is 24.3 Å². The monoisotopic (exact) mass is 344 g/mol. The second-order valence-corrected chi connectivity index (χ2v) is 6.18.